The third-order valence-corrected chi connectivity index (χ3v) is 10.8. The van der Waals surface area contributed by atoms with Gasteiger partial charge >= 0.3 is 0 Å². The molecule has 0 saturated heterocycles. The zero-order valence-corrected chi connectivity index (χ0v) is 29.5. The molecule has 1 aliphatic carbocycles. The van der Waals surface area contributed by atoms with Crippen molar-refractivity contribution in [3.63, 3.8) is 0 Å². The predicted molar refractivity (Wildman–Crippen MR) is 194 cm³/mol. The number of carbonyl (C=O) groups excluding carboxylic acids is 2. The van der Waals surface area contributed by atoms with Gasteiger partial charge in [-0.05, 0) is 81.1 Å². The zero-order valence-electron chi connectivity index (χ0n) is 28.7. The van der Waals surface area contributed by atoms with E-state index in [1.807, 2.05) is 75.4 Å². The number of hydrogen-bond donors (Lipinski definition) is 1. The Morgan fingerprint density at radius 3 is 2.02 bits per heavy atom. The summed E-state index contributed by atoms with van der Waals surface area (Å²) in [6.07, 6.45) is 5.33. The summed E-state index contributed by atoms with van der Waals surface area (Å²) in [6.45, 7) is 5.85. The minimum Gasteiger partial charge on any atom is -0.494 e. The molecule has 1 fully saturated rings. The topological polar surface area (TPSA) is 96.0 Å². The third-order valence-electron chi connectivity index (χ3n) is 9.02. The molecule has 49 heavy (non-hydrogen) atoms. The predicted octanol–water partition coefficient (Wildman–Crippen LogP) is 6.99. The average molecular weight is 682 g/mol. The van der Waals surface area contributed by atoms with Crippen LogP contribution in [0.3, 0.4) is 0 Å². The molecule has 0 radical (unpaired) electrons. The van der Waals surface area contributed by atoms with Gasteiger partial charge in [-0.3, -0.25) is 13.9 Å². The Morgan fingerprint density at radius 1 is 0.796 bits per heavy atom. The van der Waals surface area contributed by atoms with Crippen LogP contribution >= 0.6 is 0 Å². The van der Waals surface area contributed by atoms with Crippen molar-refractivity contribution in [2.24, 2.45) is 0 Å². The van der Waals surface area contributed by atoms with Crippen LogP contribution in [0.15, 0.2) is 108 Å². The van der Waals surface area contributed by atoms with Crippen molar-refractivity contribution in [2.75, 3.05) is 17.5 Å². The molecule has 1 N–H and O–H groups in total. The monoisotopic (exact) mass is 681 g/mol. The highest BCUT2D eigenvalue weighted by Gasteiger charge is 2.35. The molecular formula is C40H47N3O5S. The molecule has 0 bridgehead atoms. The maximum atomic E-state index is 14.7. The van der Waals surface area contributed by atoms with E-state index < -0.39 is 28.5 Å². The van der Waals surface area contributed by atoms with Gasteiger partial charge in [-0.25, -0.2) is 8.42 Å². The molecule has 0 aliphatic heterocycles. The number of aryl methyl sites for hydroxylation is 2. The number of benzene rings is 4. The van der Waals surface area contributed by atoms with E-state index in [1.165, 1.54) is 0 Å². The Morgan fingerprint density at radius 2 is 1.41 bits per heavy atom. The van der Waals surface area contributed by atoms with E-state index in [1.54, 1.807) is 53.4 Å². The van der Waals surface area contributed by atoms with Gasteiger partial charge in [0.15, 0.2) is 0 Å². The Labute approximate surface area is 291 Å². The first-order chi connectivity index (χ1) is 23.6. The van der Waals surface area contributed by atoms with Crippen molar-refractivity contribution in [3.8, 4) is 5.75 Å². The smallest absolute Gasteiger partial charge is 0.264 e. The van der Waals surface area contributed by atoms with Gasteiger partial charge in [-0.15, -0.1) is 0 Å². The molecule has 1 saturated carbocycles. The number of hydrogen-bond acceptors (Lipinski definition) is 5. The van der Waals surface area contributed by atoms with E-state index in [4.69, 9.17) is 4.74 Å². The van der Waals surface area contributed by atoms with Crippen LogP contribution in [-0.2, 0) is 32.6 Å². The summed E-state index contributed by atoms with van der Waals surface area (Å²) in [5.74, 6) is -0.122. The quantitative estimate of drug-likeness (QED) is 0.155. The molecule has 8 nitrogen and oxygen atoms in total. The Kier molecular flexibility index (Phi) is 12.1. The van der Waals surface area contributed by atoms with Gasteiger partial charge in [0.25, 0.3) is 10.0 Å². The normalized spacial score (nSPS) is 14.1. The molecule has 1 aliphatic rings. The molecular weight excluding hydrogens is 635 g/mol. The van der Waals surface area contributed by atoms with E-state index in [0.29, 0.717) is 18.0 Å². The molecule has 2 amide bonds. The fraction of sp³-hybridized carbons (Fsp3) is 0.350. The van der Waals surface area contributed by atoms with Gasteiger partial charge in [-0.1, -0.05) is 97.1 Å². The van der Waals surface area contributed by atoms with Crippen molar-refractivity contribution < 1.29 is 22.7 Å². The van der Waals surface area contributed by atoms with Crippen molar-refractivity contribution in [1.29, 1.82) is 0 Å². The van der Waals surface area contributed by atoms with Crippen LogP contribution in [-0.4, -0.2) is 50.4 Å². The van der Waals surface area contributed by atoms with Crippen LogP contribution in [0.1, 0.15) is 61.3 Å². The Bertz CT molecular complexity index is 1770. The van der Waals surface area contributed by atoms with Crippen LogP contribution < -0.4 is 14.4 Å². The third kappa shape index (κ3) is 9.50. The van der Waals surface area contributed by atoms with Gasteiger partial charge in [0.1, 0.15) is 18.3 Å². The maximum Gasteiger partial charge on any atom is 0.264 e. The van der Waals surface area contributed by atoms with E-state index >= 15 is 0 Å². The maximum absolute atomic E-state index is 14.7. The van der Waals surface area contributed by atoms with Gasteiger partial charge in [0, 0.05) is 19.0 Å². The van der Waals surface area contributed by atoms with Crippen molar-refractivity contribution >= 4 is 27.5 Å². The van der Waals surface area contributed by atoms with Gasteiger partial charge in [0.2, 0.25) is 11.8 Å². The number of sulfonamides is 1. The van der Waals surface area contributed by atoms with Crippen molar-refractivity contribution in [2.45, 2.75) is 82.8 Å². The molecule has 9 heteroatoms. The van der Waals surface area contributed by atoms with Gasteiger partial charge in [0.05, 0.1) is 17.2 Å². The summed E-state index contributed by atoms with van der Waals surface area (Å²) in [7, 11) is -4.19. The number of carbonyl (C=O) groups is 2. The fourth-order valence-corrected chi connectivity index (χ4v) is 7.64. The summed E-state index contributed by atoms with van der Waals surface area (Å²) >= 11 is 0. The first-order valence-corrected chi connectivity index (χ1v) is 18.6. The number of ether oxygens (including phenoxy) is 1. The van der Waals surface area contributed by atoms with E-state index in [9.17, 15) is 18.0 Å². The minimum atomic E-state index is -4.19. The first kappa shape index (κ1) is 35.7. The van der Waals surface area contributed by atoms with Gasteiger partial charge < -0.3 is 15.0 Å². The van der Waals surface area contributed by atoms with Crippen LogP contribution in [0, 0.1) is 13.8 Å². The summed E-state index contributed by atoms with van der Waals surface area (Å²) in [6, 6.07) is 29.9. The average Bonchev–Trinajstić information content (AvgIpc) is 3.11. The summed E-state index contributed by atoms with van der Waals surface area (Å²) in [5, 5.41) is 3.26. The molecule has 4 aromatic rings. The van der Waals surface area contributed by atoms with Crippen molar-refractivity contribution in [3.05, 3.63) is 125 Å². The molecule has 0 unspecified atom stereocenters. The second-order valence-electron chi connectivity index (χ2n) is 12.8. The second kappa shape index (κ2) is 16.7. The van der Waals surface area contributed by atoms with E-state index in [0.717, 1.165) is 58.7 Å². The summed E-state index contributed by atoms with van der Waals surface area (Å²) in [4.78, 5) is 30.6. The molecule has 0 spiro atoms. The zero-order chi connectivity index (χ0) is 34.8. The highest BCUT2D eigenvalue weighted by atomic mass is 32.2. The molecule has 0 aromatic heterocycles. The van der Waals surface area contributed by atoms with Gasteiger partial charge in [-0.2, -0.15) is 0 Å². The molecule has 4 aromatic carbocycles. The Balaban J connectivity index is 1.56. The lowest BCUT2D eigenvalue weighted by Gasteiger charge is -2.35. The number of rotatable bonds is 14. The standard InChI is InChI=1S/C40H47N3O5S/c1-4-48-36-23-21-35(22-24-36)43(49(46,47)37-25-17-31(3)18-26-37)29-39(44)42(28-33-19-15-30(2)16-20-33)38(27-32-11-7-5-8-12-32)40(45)41-34-13-9-6-10-14-34/h5,7-8,11-12,15-26,34,38H,4,6,9-10,13-14,27-29H2,1-3H3,(H,41,45)/t38-/m1/s1. The van der Waals surface area contributed by atoms with Crippen LogP contribution in [0.4, 0.5) is 5.69 Å². The van der Waals surface area contributed by atoms with Crippen LogP contribution in [0.5, 0.6) is 5.75 Å². The number of nitrogens with one attached hydrogen (secondary N) is 1. The number of anilines is 1. The van der Waals surface area contributed by atoms with E-state index in [-0.39, 0.29) is 29.8 Å². The largest absolute Gasteiger partial charge is 0.494 e. The van der Waals surface area contributed by atoms with Crippen LogP contribution in [0.2, 0.25) is 0 Å². The number of amides is 2. The molecule has 0 heterocycles. The van der Waals surface area contributed by atoms with Crippen molar-refractivity contribution in [1.82, 2.24) is 10.2 Å². The fourth-order valence-electron chi connectivity index (χ4n) is 6.23. The number of nitrogens with zero attached hydrogens (tertiary/aromatic N) is 2. The minimum absolute atomic E-state index is 0.0399. The lowest BCUT2D eigenvalue weighted by Crippen LogP contribution is -2.55. The second-order valence-corrected chi connectivity index (χ2v) is 14.7. The molecule has 258 valence electrons. The summed E-state index contributed by atoms with van der Waals surface area (Å²) in [5.41, 5.74) is 4.06. The highest BCUT2D eigenvalue weighted by molar-refractivity contribution is 7.92. The molecule has 5 rings (SSSR count). The SMILES string of the molecule is CCOc1ccc(N(CC(=O)N(Cc2ccc(C)cc2)[C@H](Cc2ccccc2)C(=O)NC2CCCCC2)S(=O)(=O)c2ccc(C)cc2)cc1. The highest BCUT2D eigenvalue weighted by Crippen LogP contribution is 2.28. The molecule has 1 atom stereocenters. The lowest BCUT2D eigenvalue weighted by molar-refractivity contribution is -0.140. The first-order valence-electron chi connectivity index (χ1n) is 17.2. The Hall–Kier alpha value is -4.63. The van der Waals surface area contributed by atoms with Crippen LogP contribution in [0.25, 0.3) is 0 Å². The lowest BCUT2D eigenvalue weighted by atomic mass is 9.94. The summed E-state index contributed by atoms with van der Waals surface area (Å²) < 4.78 is 35.4. The van der Waals surface area contributed by atoms with E-state index in [2.05, 4.69) is 5.32 Å².